The van der Waals surface area contributed by atoms with E-state index in [4.69, 9.17) is 0 Å². The van der Waals surface area contributed by atoms with Gasteiger partial charge in [0.05, 0.1) is 5.56 Å². The van der Waals surface area contributed by atoms with Crippen LogP contribution in [0.5, 0.6) is 0 Å². The van der Waals surface area contributed by atoms with Crippen molar-refractivity contribution in [2.24, 2.45) is 0 Å². The van der Waals surface area contributed by atoms with Gasteiger partial charge in [0.2, 0.25) is 0 Å². The van der Waals surface area contributed by atoms with Crippen LogP contribution in [0.15, 0.2) is 48.5 Å². The highest BCUT2D eigenvalue weighted by molar-refractivity contribution is 6.02. The number of para-hydroxylation sites is 1. The first-order valence-corrected chi connectivity index (χ1v) is 7.18. The molecule has 1 saturated carbocycles. The highest BCUT2D eigenvalue weighted by Gasteiger charge is 2.41. The number of rotatable bonds is 2. The van der Waals surface area contributed by atoms with Gasteiger partial charge in [-0.3, -0.25) is 4.79 Å². The summed E-state index contributed by atoms with van der Waals surface area (Å²) in [5, 5.41) is 3.38. The number of fused-ring (bicyclic) bond motifs is 1. The van der Waals surface area contributed by atoms with Crippen LogP contribution >= 0.6 is 0 Å². The van der Waals surface area contributed by atoms with Crippen LogP contribution in [0, 0.1) is 5.82 Å². The number of amides is 1. The summed E-state index contributed by atoms with van der Waals surface area (Å²) in [4.78, 5) is 14.6. The smallest absolute Gasteiger partial charge is 0.258 e. The van der Waals surface area contributed by atoms with Crippen molar-refractivity contribution in [1.82, 2.24) is 4.90 Å². The van der Waals surface area contributed by atoms with Gasteiger partial charge in [0, 0.05) is 11.7 Å². The van der Waals surface area contributed by atoms with Crippen LogP contribution in [0.4, 0.5) is 10.1 Å². The molecule has 1 heterocycles. The third-order valence-corrected chi connectivity index (χ3v) is 4.07. The summed E-state index contributed by atoms with van der Waals surface area (Å²) in [5.74, 6) is -0.252. The van der Waals surface area contributed by atoms with Gasteiger partial charge >= 0.3 is 0 Å². The molecule has 1 atom stereocenters. The molecule has 0 bridgehead atoms. The Morgan fingerprint density at radius 1 is 1.10 bits per heavy atom. The lowest BCUT2D eigenvalue weighted by Crippen LogP contribution is -2.44. The summed E-state index contributed by atoms with van der Waals surface area (Å²) in [7, 11) is 0. The molecule has 1 N–H and O–H groups in total. The Hall–Kier alpha value is -2.36. The summed E-state index contributed by atoms with van der Waals surface area (Å²) in [6.07, 6.45) is 1.73. The molecule has 2 aliphatic rings. The summed E-state index contributed by atoms with van der Waals surface area (Å²) >= 11 is 0. The van der Waals surface area contributed by atoms with Gasteiger partial charge in [0.1, 0.15) is 12.0 Å². The fraction of sp³-hybridized carbons (Fsp3) is 0.235. The van der Waals surface area contributed by atoms with E-state index in [0.29, 0.717) is 5.56 Å². The van der Waals surface area contributed by atoms with E-state index >= 15 is 0 Å². The van der Waals surface area contributed by atoms with Crippen molar-refractivity contribution in [3.8, 4) is 0 Å². The Balaban J connectivity index is 1.80. The van der Waals surface area contributed by atoms with E-state index in [-0.39, 0.29) is 23.9 Å². The van der Waals surface area contributed by atoms with Crippen LogP contribution in [0.2, 0.25) is 0 Å². The molecule has 4 heteroatoms. The molecule has 4 rings (SSSR count). The molecule has 2 aromatic carbocycles. The minimum atomic E-state index is -0.296. The first-order valence-electron chi connectivity index (χ1n) is 7.18. The zero-order valence-electron chi connectivity index (χ0n) is 11.4. The van der Waals surface area contributed by atoms with Crippen molar-refractivity contribution in [2.75, 3.05) is 5.32 Å². The quantitative estimate of drug-likeness (QED) is 0.913. The minimum Gasteiger partial charge on any atom is -0.361 e. The molecule has 0 radical (unpaired) electrons. The van der Waals surface area contributed by atoms with Crippen molar-refractivity contribution >= 4 is 11.6 Å². The second kappa shape index (κ2) is 4.58. The Labute approximate surface area is 122 Å². The average molecular weight is 282 g/mol. The maximum atomic E-state index is 13.5. The molecule has 0 spiro atoms. The molecule has 106 valence electrons. The number of hydrogen-bond acceptors (Lipinski definition) is 2. The summed E-state index contributed by atoms with van der Waals surface area (Å²) in [5.41, 5.74) is 2.29. The zero-order chi connectivity index (χ0) is 14.4. The van der Waals surface area contributed by atoms with Gasteiger partial charge < -0.3 is 10.2 Å². The maximum absolute atomic E-state index is 13.5. The van der Waals surface area contributed by atoms with Gasteiger partial charge in [-0.05, 0) is 42.7 Å². The second-order valence-corrected chi connectivity index (χ2v) is 5.59. The number of benzene rings is 2. The molecular weight excluding hydrogens is 267 g/mol. The Morgan fingerprint density at radius 3 is 2.67 bits per heavy atom. The van der Waals surface area contributed by atoms with Crippen LogP contribution in [0.25, 0.3) is 0 Å². The fourth-order valence-corrected chi connectivity index (χ4v) is 2.92. The van der Waals surface area contributed by atoms with Crippen LogP contribution in [0.3, 0.4) is 0 Å². The molecule has 3 nitrogen and oxygen atoms in total. The molecule has 1 unspecified atom stereocenters. The molecular formula is C17H15FN2O. The SMILES string of the molecule is O=C1c2ccccc2NC(c2cccc(F)c2)N1C1CC1. The van der Waals surface area contributed by atoms with E-state index in [1.807, 2.05) is 35.2 Å². The number of nitrogens with one attached hydrogen (secondary N) is 1. The third kappa shape index (κ3) is 2.07. The van der Waals surface area contributed by atoms with E-state index < -0.39 is 0 Å². The number of carbonyl (C=O) groups excluding carboxylic acids is 1. The van der Waals surface area contributed by atoms with Crippen LogP contribution in [0.1, 0.15) is 34.9 Å². The number of hydrogen-bond donors (Lipinski definition) is 1. The molecule has 0 saturated heterocycles. The van der Waals surface area contributed by atoms with Gasteiger partial charge in [-0.2, -0.15) is 0 Å². The molecule has 0 aromatic heterocycles. The van der Waals surface area contributed by atoms with Gasteiger partial charge in [-0.15, -0.1) is 0 Å². The summed E-state index contributed by atoms with van der Waals surface area (Å²) in [6.45, 7) is 0. The van der Waals surface area contributed by atoms with Crippen molar-refractivity contribution in [3.05, 3.63) is 65.5 Å². The van der Waals surface area contributed by atoms with E-state index in [0.717, 1.165) is 24.1 Å². The molecule has 2 aromatic rings. The lowest BCUT2D eigenvalue weighted by Gasteiger charge is -2.38. The number of anilines is 1. The van der Waals surface area contributed by atoms with Crippen LogP contribution in [-0.2, 0) is 0 Å². The van der Waals surface area contributed by atoms with Crippen molar-refractivity contribution in [3.63, 3.8) is 0 Å². The van der Waals surface area contributed by atoms with E-state index in [1.165, 1.54) is 12.1 Å². The monoisotopic (exact) mass is 282 g/mol. The van der Waals surface area contributed by atoms with Gasteiger partial charge in [-0.1, -0.05) is 24.3 Å². The average Bonchev–Trinajstić information content (AvgIpc) is 3.32. The normalized spacial score (nSPS) is 20.9. The summed E-state index contributed by atoms with van der Waals surface area (Å²) in [6, 6.07) is 14.2. The maximum Gasteiger partial charge on any atom is 0.258 e. The van der Waals surface area contributed by atoms with E-state index in [1.54, 1.807) is 6.07 Å². The zero-order valence-corrected chi connectivity index (χ0v) is 11.4. The molecule has 1 aliphatic carbocycles. The first-order chi connectivity index (χ1) is 10.2. The van der Waals surface area contributed by atoms with Gasteiger partial charge in [0.25, 0.3) is 5.91 Å². The number of carbonyl (C=O) groups is 1. The van der Waals surface area contributed by atoms with Crippen molar-refractivity contribution in [1.29, 1.82) is 0 Å². The Kier molecular flexibility index (Phi) is 2.70. The fourth-order valence-electron chi connectivity index (χ4n) is 2.92. The van der Waals surface area contributed by atoms with E-state index in [2.05, 4.69) is 5.32 Å². The molecule has 1 fully saturated rings. The van der Waals surface area contributed by atoms with Gasteiger partial charge in [-0.25, -0.2) is 4.39 Å². The van der Waals surface area contributed by atoms with Crippen molar-refractivity contribution < 1.29 is 9.18 Å². The van der Waals surface area contributed by atoms with Gasteiger partial charge in [0.15, 0.2) is 0 Å². The highest BCUT2D eigenvalue weighted by Crippen LogP contribution is 2.40. The second-order valence-electron chi connectivity index (χ2n) is 5.59. The molecule has 1 amide bonds. The molecule has 21 heavy (non-hydrogen) atoms. The number of nitrogens with zero attached hydrogens (tertiary/aromatic N) is 1. The lowest BCUT2D eigenvalue weighted by atomic mass is 10.0. The number of halogens is 1. The van der Waals surface area contributed by atoms with E-state index in [9.17, 15) is 9.18 Å². The predicted octanol–water partition coefficient (Wildman–Crippen LogP) is 3.55. The topological polar surface area (TPSA) is 32.3 Å². The largest absolute Gasteiger partial charge is 0.361 e. The predicted molar refractivity (Wildman–Crippen MR) is 78.4 cm³/mol. The Bertz CT molecular complexity index is 711. The lowest BCUT2D eigenvalue weighted by molar-refractivity contribution is 0.0666. The standard InChI is InChI=1S/C17H15FN2O/c18-12-5-3-4-11(10-12)16-19-15-7-2-1-6-14(15)17(21)20(16)13-8-9-13/h1-7,10,13,16,19H,8-9H2. The van der Waals surface area contributed by atoms with Crippen LogP contribution < -0.4 is 5.32 Å². The van der Waals surface area contributed by atoms with Crippen LogP contribution in [-0.4, -0.2) is 16.8 Å². The Morgan fingerprint density at radius 2 is 1.90 bits per heavy atom. The molecule has 1 aliphatic heterocycles. The highest BCUT2D eigenvalue weighted by atomic mass is 19.1. The van der Waals surface area contributed by atoms with Crippen molar-refractivity contribution in [2.45, 2.75) is 25.0 Å². The summed E-state index contributed by atoms with van der Waals surface area (Å²) < 4.78 is 13.5. The third-order valence-electron chi connectivity index (χ3n) is 4.07. The minimum absolute atomic E-state index is 0.0288. The first kappa shape index (κ1) is 12.4.